The van der Waals surface area contributed by atoms with E-state index in [0.717, 1.165) is 26.9 Å². The Kier molecular flexibility index (Phi) is 10.0. The maximum atomic E-state index is 12.9. The molecule has 2 N–H and O–H groups in total. The number of nitrogens with one attached hydrogen (secondary N) is 2. The lowest BCUT2D eigenvalue weighted by molar-refractivity contribution is -0.159. The number of rotatable bonds is 10. The third kappa shape index (κ3) is 7.53. The Balaban J connectivity index is 3.15. The lowest BCUT2D eigenvalue weighted by Gasteiger charge is -2.26. The van der Waals surface area contributed by atoms with Gasteiger partial charge >= 0.3 is 17.9 Å². The highest BCUT2D eigenvalue weighted by Gasteiger charge is 2.39. The quantitative estimate of drug-likeness (QED) is 0.389. The standard InChI is InChI=1S/C20H26N2O8/c1-12(23)21-15(10-13-8-6-5-7-9-13)18(25)22-17(20(27)30-4)14(19(26)29-3)11-16(24)28-2/h5-9,14-15,17H,10-11H2,1-4H3,(H,21,23)(H,22,25)/t14-,15-,17-/m1/s1. The van der Waals surface area contributed by atoms with Crippen molar-refractivity contribution in [3.63, 3.8) is 0 Å². The van der Waals surface area contributed by atoms with E-state index in [1.54, 1.807) is 30.3 Å². The molecule has 2 amide bonds. The number of amides is 2. The highest BCUT2D eigenvalue weighted by atomic mass is 16.5. The minimum Gasteiger partial charge on any atom is -0.469 e. The van der Waals surface area contributed by atoms with E-state index >= 15 is 0 Å². The average molecular weight is 422 g/mol. The van der Waals surface area contributed by atoms with Gasteiger partial charge in [-0.2, -0.15) is 0 Å². The first-order valence-corrected chi connectivity index (χ1v) is 9.07. The van der Waals surface area contributed by atoms with Crippen LogP contribution in [0.15, 0.2) is 30.3 Å². The van der Waals surface area contributed by atoms with E-state index in [2.05, 4.69) is 24.8 Å². The second-order valence-electron chi connectivity index (χ2n) is 6.36. The molecule has 10 heteroatoms. The summed E-state index contributed by atoms with van der Waals surface area (Å²) in [5.41, 5.74) is 0.764. The van der Waals surface area contributed by atoms with Crippen LogP contribution in [-0.4, -0.2) is 63.1 Å². The van der Waals surface area contributed by atoms with E-state index in [9.17, 15) is 24.0 Å². The number of esters is 3. The first-order chi connectivity index (χ1) is 14.2. The Labute approximate surface area is 174 Å². The van der Waals surface area contributed by atoms with Crippen molar-refractivity contribution in [3.8, 4) is 0 Å². The summed E-state index contributed by atoms with van der Waals surface area (Å²) in [6, 6.07) is 6.34. The van der Waals surface area contributed by atoms with Crippen molar-refractivity contribution < 1.29 is 38.2 Å². The van der Waals surface area contributed by atoms with Gasteiger partial charge in [-0.05, 0) is 5.56 Å². The molecule has 0 heterocycles. The second-order valence-corrected chi connectivity index (χ2v) is 6.36. The monoisotopic (exact) mass is 422 g/mol. The topological polar surface area (TPSA) is 137 Å². The van der Waals surface area contributed by atoms with Gasteiger partial charge in [0.1, 0.15) is 12.1 Å². The van der Waals surface area contributed by atoms with E-state index in [4.69, 9.17) is 0 Å². The Bertz CT molecular complexity index is 765. The van der Waals surface area contributed by atoms with Crippen molar-refractivity contribution in [2.75, 3.05) is 21.3 Å². The molecule has 0 saturated heterocycles. The fourth-order valence-electron chi connectivity index (χ4n) is 2.76. The molecule has 0 aliphatic carbocycles. The Morgan fingerprint density at radius 3 is 1.97 bits per heavy atom. The molecular weight excluding hydrogens is 396 g/mol. The number of hydrogen-bond acceptors (Lipinski definition) is 8. The van der Waals surface area contributed by atoms with Crippen LogP contribution in [-0.2, 0) is 44.6 Å². The Morgan fingerprint density at radius 1 is 0.867 bits per heavy atom. The van der Waals surface area contributed by atoms with Gasteiger partial charge in [-0.15, -0.1) is 0 Å². The molecule has 1 aromatic rings. The number of hydrogen-bond donors (Lipinski definition) is 2. The zero-order valence-electron chi connectivity index (χ0n) is 17.3. The van der Waals surface area contributed by atoms with Crippen LogP contribution in [0, 0.1) is 5.92 Å². The molecule has 0 aliphatic heterocycles. The van der Waals surface area contributed by atoms with Gasteiger partial charge in [0.2, 0.25) is 11.8 Å². The van der Waals surface area contributed by atoms with Crippen LogP contribution >= 0.6 is 0 Å². The second kappa shape index (κ2) is 12.2. The summed E-state index contributed by atoms with van der Waals surface area (Å²) in [6.45, 7) is 1.25. The molecule has 1 rings (SSSR count). The summed E-state index contributed by atoms with van der Waals surface area (Å²) in [5.74, 6) is -5.22. The van der Waals surface area contributed by atoms with Crippen molar-refractivity contribution in [1.29, 1.82) is 0 Å². The third-order valence-corrected chi connectivity index (χ3v) is 4.25. The number of ether oxygens (including phenoxy) is 3. The molecule has 1 aromatic carbocycles. The highest BCUT2D eigenvalue weighted by Crippen LogP contribution is 2.15. The van der Waals surface area contributed by atoms with Gasteiger partial charge in [0.05, 0.1) is 33.7 Å². The van der Waals surface area contributed by atoms with E-state index in [1.165, 1.54) is 6.92 Å². The summed E-state index contributed by atoms with van der Waals surface area (Å²) < 4.78 is 13.9. The molecule has 0 bridgehead atoms. The van der Waals surface area contributed by atoms with Crippen LogP contribution in [0.4, 0.5) is 0 Å². The number of carbonyl (C=O) groups is 5. The fourth-order valence-corrected chi connectivity index (χ4v) is 2.76. The molecule has 3 atom stereocenters. The van der Waals surface area contributed by atoms with Crippen molar-refractivity contribution >= 4 is 29.7 Å². The van der Waals surface area contributed by atoms with Crippen LogP contribution in [0.3, 0.4) is 0 Å². The first-order valence-electron chi connectivity index (χ1n) is 9.07. The number of methoxy groups -OCH3 is 3. The molecule has 0 radical (unpaired) electrons. The molecule has 0 saturated carbocycles. The predicted octanol–water partition coefficient (Wildman–Crippen LogP) is -0.256. The number of benzene rings is 1. The summed E-state index contributed by atoms with van der Waals surface area (Å²) in [5, 5.41) is 4.92. The van der Waals surface area contributed by atoms with Gasteiger partial charge < -0.3 is 24.8 Å². The van der Waals surface area contributed by atoms with Crippen LogP contribution in [0.25, 0.3) is 0 Å². The van der Waals surface area contributed by atoms with E-state index < -0.39 is 54.1 Å². The smallest absolute Gasteiger partial charge is 0.329 e. The van der Waals surface area contributed by atoms with Gasteiger partial charge in [0, 0.05) is 13.3 Å². The molecule has 164 valence electrons. The minimum absolute atomic E-state index is 0.139. The molecule has 10 nitrogen and oxygen atoms in total. The summed E-state index contributed by atoms with van der Waals surface area (Å²) in [7, 11) is 3.27. The van der Waals surface area contributed by atoms with Gasteiger partial charge in [-0.3, -0.25) is 19.2 Å². The molecule has 0 fully saturated rings. The predicted molar refractivity (Wildman–Crippen MR) is 104 cm³/mol. The molecular formula is C20H26N2O8. The van der Waals surface area contributed by atoms with Crippen molar-refractivity contribution in [3.05, 3.63) is 35.9 Å². The van der Waals surface area contributed by atoms with Gasteiger partial charge in [0.25, 0.3) is 0 Å². The van der Waals surface area contributed by atoms with Crippen molar-refractivity contribution in [2.24, 2.45) is 5.92 Å². The Morgan fingerprint density at radius 2 is 1.47 bits per heavy atom. The highest BCUT2D eigenvalue weighted by molar-refractivity contribution is 5.94. The average Bonchev–Trinajstić information content (AvgIpc) is 2.74. The summed E-state index contributed by atoms with van der Waals surface area (Å²) in [6.07, 6.45) is -0.382. The number of carbonyl (C=O) groups excluding carboxylic acids is 5. The summed E-state index contributed by atoms with van der Waals surface area (Å²) in [4.78, 5) is 60.7. The third-order valence-electron chi connectivity index (χ3n) is 4.25. The van der Waals surface area contributed by atoms with Crippen LogP contribution in [0.1, 0.15) is 18.9 Å². The molecule has 0 unspecified atom stereocenters. The minimum atomic E-state index is -1.53. The van der Waals surface area contributed by atoms with Crippen molar-refractivity contribution in [1.82, 2.24) is 10.6 Å². The zero-order chi connectivity index (χ0) is 22.7. The lowest BCUT2D eigenvalue weighted by atomic mass is 9.95. The van der Waals surface area contributed by atoms with Crippen LogP contribution in [0.2, 0.25) is 0 Å². The van der Waals surface area contributed by atoms with E-state index in [0.29, 0.717) is 0 Å². The summed E-state index contributed by atoms with van der Waals surface area (Å²) >= 11 is 0. The maximum absolute atomic E-state index is 12.9. The van der Waals surface area contributed by atoms with E-state index in [-0.39, 0.29) is 6.42 Å². The first kappa shape index (κ1) is 24.6. The zero-order valence-corrected chi connectivity index (χ0v) is 17.3. The van der Waals surface area contributed by atoms with Gasteiger partial charge in [0.15, 0.2) is 0 Å². The SMILES string of the molecule is COC(=O)C[C@@H](C(=O)OC)[C@@H](NC(=O)[C@@H](Cc1ccccc1)NC(C)=O)C(=O)OC. The maximum Gasteiger partial charge on any atom is 0.329 e. The van der Waals surface area contributed by atoms with Gasteiger partial charge in [-0.1, -0.05) is 30.3 Å². The Hall–Kier alpha value is -3.43. The van der Waals surface area contributed by atoms with Crippen LogP contribution < -0.4 is 10.6 Å². The molecule has 0 spiro atoms. The molecule has 0 aromatic heterocycles. The largest absolute Gasteiger partial charge is 0.469 e. The normalized spacial score (nSPS) is 13.2. The van der Waals surface area contributed by atoms with E-state index in [1.807, 2.05) is 0 Å². The fraction of sp³-hybridized carbons (Fsp3) is 0.450. The van der Waals surface area contributed by atoms with Gasteiger partial charge in [-0.25, -0.2) is 4.79 Å². The lowest BCUT2D eigenvalue weighted by Crippen LogP contribution is -2.56. The van der Waals surface area contributed by atoms with Crippen LogP contribution in [0.5, 0.6) is 0 Å². The molecule has 30 heavy (non-hydrogen) atoms. The van der Waals surface area contributed by atoms with Crippen molar-refractivity contribution in [2.45, 2.75) is 31.8 Å². The molecule has 0 aliphatic rings.